The van der Waals surface area contributed by atoms with Crippen LogP contribution < -0.4 is 10.5 Å². The number of nitrogens with one attached hydrogen (secondary N) is 1. The summed E-state index contributed by atoms with van der Waals surface area (Å²) in [6.07, 6.45) is 3.35. The van der Waals surface area contributed by atoms with Crippen LogP contribution in [0.4, 0.5) is 5.82 Å². The van der Waals surface area contributed by atoms with E-state index in [1.165, 1.54) is 15.7 Å². The van der Waals surface area contributed by atoms with Gasteiger partial charge in [-0.05, 0) is 13.3 Å². The lowest BCUT2D eigenvalue weighted by atomic mass is 10.2. The Kier molecular flexibility index (Phi) is 3.60. The van der Waals surface area contributed by atoms with Gasteiger partial charge in [0.1, 0.15) is 0 Å². The van der Waals surface area contributed by atoms with Crippen molar-refractivity contribution in [3.05, 3.63) is 11.6 Å². The molecule has 2 heterocycles. The Morgan fingerprint density at radius 2 is 2.33 bits per heavy atom. The molecule has 0 aliphatic rings. The van der Waals surface area contributed by atoms with E-state index in [1.807, 2.05) is 13.8 Å². The maximum absolute atomic E-state index is 12.3. The van der Waals surface area contributed by atoms with Crippen molar-refractivity contribution in [2.75, 3.05) is 5.73 Å². The molecular formula is C10H16N4O2S2. The van der Waals surface area contributed by atoms with Crippen molar-refractivity contribution in [1.82, 2.24) is 14.1 Å². The SMILES string of the molecule is CCCC(C)NS(=O)(=O)c1c(N)nc2sccn12. The number of aromatic nitrogens is 2. The second kappa shape index (κ2) is 4.87. The topological polar surface area (TPSA) is 89.5 Å². The van der Waals surface area contributed by atoms with Gasteiger partial charge in [0.05, 0.1) is 0 Å². The first-order chi connectivity index (χ1) is 8.45. The molecule has 0 fully saturated rings. The average molecular weight is 288 g/mol. The smallest absolute Gasteiger partial charge is 0.260 e. The lowest BCUT2D eigenvalue weighted by Gasteiger charge is -2.12. The molecule has 0 aromatic carbocycles. The Morgan fingerprint density at radius 1 is 1.61 bits per heavy atom. The van der Waals surface area contributed by atoms with Crippen molar-refractivity contribution in [3.63, 3.8) is 0 Å². The second-order valence-electron chi connectivity index (χ2n) is 4.17. The zero-order chi connectivity index (χ0) is 13.3. The van der Waals surface area contributed by atoms with E-state index in [4.69, 9.17) is 5.73 Å². The summed E-state index contributed by atoms with van der Waals surface area (Å²) in [6.45, 7) is 3.85. The van der Waals surface area contributed by atoms with Crippen molar-refractivity contribution in [1.29, 1.82) is 0 Å². The Morgan fingerprint density at radius 3 is 3.00 bits per heavy atom. The van der Waals surface area contributed by atoms with Gasteiger partial charge < -0.3 is 5.73 Å². The van der Waals surface area contributed by atoms with Crippen LogP contribution >= 0.6 is 11.3 Å². The van der Waals surface area contributed by atoms with Crippen molar-refractivity contribution in [2.24, 2.45) is 0 Å². The van der Waals surface area contributed by atoms with E-state index in [2.05, 4.69) is 9.71 Å². The van der Waals surface area contributed by atoms with Gasteiger partial charge >= 0.3 is 0 Å². The first kappa shape index (κ1) is 13.3. The zero-order valence-electron chi connectivity index (χ0n) is 10.3. The fourth-order valence-corrected chi connectivity index (χ4v) is 4.13. The molecule has 1 atom stereocenters. The number of fused-ring (bicyclic) bond motifs is 1. The Hall–Kier alpha value is -1.12. The van der Waals surface area contributed by atoms with E-state index < -0.39 is 10.0 Å². The molecule has 2 rings (SSSR count). The summed E-state index contributed by atoms with van der Waals surface area (Å²) < 4.78 is 28.6. The molecule has 0 bridgehead atoms. The van der Waals surface area contributed by atoms with Gasteiger partial charge in [0.2, 0.25) is 0 Å². The molecule has 6 nitrogen and oxygen atoms in total. The van der Waals surface area contributed by atoms with Crippen molar-refractivity contribution in [2.45, 2.75) is 37.8 Å². The summed E-state index contributed by atoms with van der Waals surface area (Å²) in [4.78, 5) is 4.61. The molecule has 2 aromatic rings. The molecular weight excluding hydrogens is 272 g/mol. The molecule has 0 spiro atoms. The quantitative estimate of drug-likeness (QED) is 0.871. The van der Waals surface area contributed by atoms with Gasteiger partial charge in [-0.15, -0.1) is 11.3 Å². The van der Waals surface area contributed by atoms with Gasteiger partial charge in [0.25, 0.3) is 10.0 Å². The van der Waals surface area contributed by atoms with Crippen molar-refractivity contribution < 1.29 is 8.42 Å². The third-order valence-electron chi connectivity index (χ3n) is 2.58. The van der Waals surface area contributed by atoms with Gasteiger partial charge in [0, 0.05) is 17.6 Å². The molecule has 0 radical (unpaired) electrons. The van der Waals surface area contributed by atoms with Gasteiger partial charge in [-0.2, -0.15) is 0 Å². The molecule has 0 aliphatic carbocycles. The number of thiazole rings is 1. The number of anilines is 1. The minimum absolute atomic E-state index is 0.0294. The summed E-state index contributed by atoms with van der Waals surface area (Å²) >= 11 is 1.35. The predicted molar refractivity (Wildman–Crippen MR) is 72.2 cm³/mol. The number of rotatable bonds is 5. The third-order valence-corrected chi connectivity index (χ3v) is 4.96. The van der Waals surface area contributed by atoms with Gasteiger partial charge in [-0.3, -0.25) is 4.40 Å². The number of hydrogen-bond acceptors (Lipinski definition) is 5. The highest BCUT2D eigenvalue weighted by Gasteiger charge is 2.25. The normalized spacial score (nSPS) is 14.1. The highest BCUT2D eigenvalue weighted by atomic mass is 32.2. The van der Waals surface area contributed by atoms with E-state index in [9.17, 15) is 8.42 Å². The van der Waals surface area contributed by atoms with Crippen LogP contribution in [0.2, 0.25) is 0 Å². The molecule has 0 aliphatic heterocycles. The molecule has 100 valence electrons. The zero-order valence-corrected chi connectivity index (χ0v) is 11.9. The Bertz CT molecular complexity index is 644. The first-order valence-corrected chi connectivity index (χ1v) is 8.05. The van der Waals surface area contributed by atoms with Gasteiger partial charge in [-0.25, -0.2) is 18.1 Å². The summed E-state index contributed by atoms with van der Waals surface area (Å²) in [5.41, 5.74) is 5.69. The average Bonchev–Trinajstić information content (AvgIpc) is 2.75. The van der Waals surface area contributed by atoms with E-state index in [-0.39, 0.29) is 16.9 Å². The van der Waals surface area contributed by atoms with Crippen LogP contribution in [0.3, 0.4) is 0 Å². The third kappa shape index (κ3) is 2.36. The number of nitrogen functional groups attached to an aromatic ring is 1. The van der Waals surface area contributed by atoms with Crippen LogP contribution in [-0.2, 0) is 10.0 Å². The summed E-state index contributed by atoms with van der Waals surface area (Å²) in [6, 6.07) is -0.122. The van der Waals surface area contributed by atoms with E-state index in [1.54, 1.807) is 11.6 Å². The summed E-state index contributed by atoms with van der Waals surface area (Å²) in [5, 5.41) is 1.80. The molecule has 2 aromatic heterocycles. The van der Waals surface area contributed by atoms with Crippen LogP contribution in [0.5, 0.6) is 0 Å². The highest BCUT2D eigenvalue weighted by Crippen LogP contribution is 2.23. The number of hydrogen-bond donors (Lipinski definition) is 2. The monoisotopic (exact) mass is 288 g/mol. The molecule has 18 heavy (non-hydrogen) atoms. The minimum Gasteiger partial charge on any atom is -0.381 e. The fourth-order valence-electron chi connectivity index (χ4n) is 1.86. The van der Waals surface area contributed by atoms with Gasteiger partial charge in [0.15, 0.2) is 15.8 Å². The van der Waals surface area contributed by atoms with Crippen LogP contribution in [-0.4, -0.2) is 23.8 Å². The van der Waals surface area contributed by atoms with Gasteiger partial charge in [-0.1, -0.05) is 13.3 Å². The molecule has 1 unspecified atom stereocenters. The lowest BCUT2D eigenvalue weighted by Crippen LogP contribution is -2.33. The predicted octanol–water partition coefficient (Wildman–Crippen LogP) is 1.44. The standard InChI is InChI=1S/C10H16N4O2S2/c1-3-4-7(2)13-18(15,16)9-8(11)12-10-14(9)5-6-17-10/h5-7,13H,3-4,11H2,1-2H3. The second-order valence-corrected chi connectivity index (χ2v) is 6.67. The molecule has 0 amide bonds. The van der Waals surface area contributed by atoms with Crippen molar-refractivity contribution >= 4 is 32.1 Å². The van der Waals surface area contributed by atoms with Crippen LogP contribution in [0.25, 0.3) is 4.96 Å². The molecule has 8 heteroatoms. The Balaban J connectivity index is 2.40. The first-order valence-electron chi connectivity index (χ1n) is 5.69. The summed E-state index contributed by atoms with van der Waals surface area (Å²) in [7, 11) is -3.63. The van der Waals surface area contributed by atoms with Crippen molar-refractivity contribution in [3.8, 4) is 0 Å². The van der Waals surface area contributed by atoms with Crippen LogP contribution in [0, 0.1) is 0 Å². The van der Waals surface area contributed by atoms with E-state index in [0.717, 1.165) is 12.8 Å². The Labute approximate surface area is 110 Å². The highest BCUT2D eigenvalue weighted by molar-refractivity contribution is 7.89. The molecule has 0 saturated carbocycles. The fraction of sp³-hybridized carbons (Fsp3) is 0.500. The number of imidazole rings is 1. The van der Waals surface area contributed by atoms with E-state index >= 15 is 0 Å². The maximum Gasteiger partial charge on any atom is 0.260 e. The van der Waals surface area contributed by atoms with E-state index in [0.29, 0.717) is 4.96 Å². The largest absolute Gasteiger partial charge is 0.381 e. The van der Waals surface area contributed by atoms with Crippen LogP contribution in [0.1, 0.15) is 26.7 Å². The lowest BCUT2D eigenvalue weighted by molar-refractivity contribution is 0.540. The number of nitrogens with two attached hydrogens (primary N) is 1. The maximum atomic E-state index is 12.3. The van der Waals surface area contributed by atoms with Crippen LogP contribution in [0.15, 0.2) is 16.6 Å². The molecule has 0 saturated heterocycles. The number of sulfonamides is 1. The number of nitrogens with zero attached hydrogens (tertiary/aromatic N) is 2. The summed E-state index contributed by atoms with van der Waals surface area (Å²) in [5.74, 6) is 0.0399. The molecule has 3 N–H and O–H groups in total. The minimum atomic E-state index is -3.63.